The summed E-state index contributed by atoms with van der Waals surface area (Å²) < 4.78 is 5.28. The van der Waals surface area contributed by atoms with E-state index in [-0.39, 0.29) is 0 Å². The van der Waals surface area contributed by atoms with Crippen molar-refractivity contribution in [3.63, 3.8) is 0 Å². The van der Waals surface area contributed by atoms with Crippen molar-refractivity contribution < 1.29 is 4.52 Å². The van der Waals surface area contributed by atoms with E-state index in [1.165, 1.54) is 42.8 Å². The topological polar surface area (TPSA) is 32.5 Å². The van der Waals surface area contributed by atoms with E-state index in [0.717, 1.165) is 31.1 Å². The molecule has 1 saturated heterocycles. The van der Waals surface area contributed by atoms with Crippen molar-refractivity contribution in [3.8, 4) is 0 Å². The van der Waals surface area contributed by atoms with Gasteiger partial charge in [0.05, 0.1) is 12.2 Å². The molecule has 1 aliphatic heterocycles. The first-order valence-corrected chi connectivity index (χ1v) is 8.96. The van der Waals surface area contributed by atoms with Gasteiger partial charge in [0.15, 0.2) is 5.76 Å². The Bertz CT molecular complexity index is 586. The lowest BCUT2D eigenvalue weighted by molar-refractivity contribution is 0.221. The summed E-state index contributed by atoms with van der Waals surface area (Å²) in [6, 6.07) is 4.37. The molecule has 0 spiro atoms. The van der Waals surface area contributed by atoms with Gasteiger partial charge in [0, 0.05) is 24.0 Å². The van der Waals surface area contributed by atoms with Gasteiger partial charge in [-0.05, 0) is 56.9 Å². The molecule has 5 heteroatoms. The molecule has 120 valence electrons. The molecule has 0 bridgehead atoms. The Morgan fingerprint density at radius 2 is 2.05 bits per heavy atom. The Balaban J connectivity index is 1.50. The molecule has 3 heterocycles. The third-order valence-electron chi connectivity index (χ3n) is 4.09. The van der Waals surface area contributed by atoms with Crippen LogP contribution in [0.15, 0.2) is 22.0 Å². The normalized spacial score (nSPS) is 16.5. The van der Waals surface area contributed by atoms with Crippen molar-refractivity contribution >= 4 is 11.3 Å². The molecule has 0 amide bonds. The minimum Gasteiger partial charge on any atom is -0.360 e. The molecule has 0 aliphatic carbocycles. The Morgan fingerprint density at radius 1 is 1.23 bits per heavy atom. The van der Waals surface area contributed by atoms with Crippen LogP contribution in [0.4, 0.5) is 0 Å². The number of likely N-dealkylation sites (tertiary alicyclic amines) is 1. The van der Waals surface area contributed by atoms with Gasteiger partial charge in [-0.3, -0.25) is 9.80 Å². The highest BCUT2D eigenvalue weighted by molar-refractivity contribution is 7.10. The minimum atomic E-state index is 0.806. The van der Waals surface area contributed by atoms with Crippen molar-refractivity contribution in [2.45, 2.75) is 45.8 Å². The van der Waals surface area contributed by atoms with Crippen LogP contribution >= 0.6 is 11.3 Å². The summed E-state index contributed by atoms with van der Waals surface area (Å²) in [4.78, 5) is 6.28. The molecule has 0 aromatic carbocycles. The average molecular weight is 319 g/mol. The number of aryl methyl sites for hydroxylation is 1. The van der Waals surface area contributed by atoms with Gasteiger partial charge in [-0.15, -0.1) is 11.3 Å². The summed E-state index contributed by atoms with van der Waals surface area (Å²) in [5.41, 5.74) is 2.41. The van der Waals surface area contributed by atoms with Crippen LogP contribution in [-0.4, -0.2) is 35.1 Å². The molecule has 0 saturated carbocycles. The number of nitrogens with zero attached hydrogens (tertiary/aromatic N) is 3. The van der Waals surface area contributed by atoms with E-state index >= 15 is 0 Å². The average Bonchev–Trinajstić information content (AvgIpc) is 3.09. The second kappa shape index (κ2) is 7.40. The zero-order valence-electron chi connectivity index (χ0n) is 13.5. The molecule has 0 atom stereocenters. The van der Waals surface area contributed by atoms with Crippen LogP contribution in [0.2, 0.25) is 0 Å². The number of piperidine rings is 1. The minimum absolute atomic E-state index is 0.806. The van der Waals surface area contributed by atoms with Gasteiger partial charge in [-0.2, -0.15) is 0 Å². The molecule has 1 fully saturated rings. The first kappa shape index (κ1) is 15.7. The molecule has 22 heavy (non-hydrogen) atoms. The number of thiophene rings is 1. The lowest BCUT2D eigenvalue weighted by Crippen LogP contribution is -2.28. The van der Waals surface area contributed by atoms with E-state index in [2.05, 4.69) is 33.5 Å². The first-order valence-electron chi connectivity index (χ1n) is 8.08. The smallest absolute Gasteiger partial charge is 0.150 e. The lowest BCUT2D eigenvalue weighted by atomic mass is 10.1. The van der Waals surface area contributed by atoms with Gasteiger partial charge in [0.25, 0.3) is 0 Å². The maximum absolute atomic E-state index is 5.28. The standard InChI is InChI=1S/C17H25N3OS/c1-14-8-16(21-18-14)11-19(2)12-17-9-15(13-22-17)10-20-6-4-3-5-7-20/h8-9,13H,3-7,10-12H2,1-2H3. The van der Waals surface area contributed by atoms with Crippen LogP contribution in [0.3, 0.4) is 0 Å². The molecule has 1 aliphatic rings. The van der Waals surface area contributed by atoms with Crippen molar-refractivity contribution in [1.82, 2.24) is 15.0 Å². The van der Waals surface area contributed by atoms with Crippen LogP contribution in [0, 0.1) is 6.92 Å². The second-order valence-electron chi connectivity index (χ2n) is 6.36. The highest BCUT2D eigenvalue weighted by Crippen LogP contribution is 2.20. The largest absolute Gasteiger partial charge is 0.360 e. The Morgan fingerprint density at radius 3 is 2.77 bits per heavy atom. The molecular weight excluding hydrogens is 294 g/mol. The molecule has 3 rings (SSSR count). The Hall–Kier alpha value is -1.17. The van der Waals surface area contributed by atoms with Crippen LogP contribution in [0.25, 0.3) is 0 Å². The molecule has 0 radical (unpaired) electrons. The third-order valence-corrected chi connectivity index (χ3v) is 5.06. The monoisotopic (exact) mass is 319 g/mol. The molecular formula is C17H25N3OS. The van der Waals surface area contributed by atoms with E-state index in [9.17, 15) is 0 Å². The fraction of sp³-hybridized carbons (Fsp3) is 0.588. The SMILES string of the molecule is Cc1cc(CN(C)Cc2cc(CN3CCCCC3)cs2)on1. The summed E-state index contributed by atoms with van der Waals surface area (Å²) in [6.45, 7) is 7.36. The summed E-state index contributed by atoms with van der Waals surface area (Å²) in [6.07, 6.45) is 4.12. The van der Waals surface area contributed by atoms with Gasteiger partial charge in [0.2, 0.25) is 0 Å². The predicted molar refractivity (Wildman–Crippen MR) is 89.9 cm³/mol. The van der Waals surface area contributed by atoms with E-state index in [4.69, 9.17) is 4.52 Å². The molecule has 4 nitrogen and oxygen atoms in total. The summed E-state index contributed by atoms with van der Waals surface area (Å²) in [5.74, 6) is 0.935. The molecule has 2 aromatic heterocycles. The molecule has 0 N–H and O–H groups in total. The summed E-state index contributed by atoms with van der Waals surface area (Å²) in [7, 11) is 2.13. The van der Waals surface area contributed by atoms with E-state index in [1.54, 1.807) is 0 Å². The highest BCUT2D eigenvalue weighted by atomic mass is 32.1. The predicted octanol–water partition coefficient (Wildman–Crippen LogP) is 3.66. The van der Waals surface area contributed by atoms with E-state index in [1.807, 2.05) is 24.3 Å². The summed E-state index contributed by atoms with van der Waals surface area (Å²) >= 11 is 1.87. The number of hydrogen-bond acceptors (Lipinski definition) is 5. The quantitative estimate of drug-likeness (QED) is 0.813. The van der Waals surface area contributed by atoms with Crippen molar-refractivity contribution in [2.24, 2.45) is 0 Å². The van der Waals surface area contributed by atoms with Gasteiger partial charge in [-0.1, -0.05) is 11.6 Å². The maximum Gasteiger partial charge on any atom is 0.150 e. The fourth-order valence-electron chi connectivity index (χ4n) is 3.05. The van der Waals surface area contributed by atoms with E-state index < -0.39 is 0 Å². The first-order chi connectivity index (χ1) is 10.7. The summed E-state index contributed by atoms with van der Waals surface area (Å²) in [5, 5.41) is 6.26. The highest BCUT2D eigenvalue weighted by Gasteiger charge is 2.12. The van der Waals surface area contributed by atoms with Crippen LogP contribution in [-0.2, 0) is 19.6 Å². The van der Waals surface area contributed by atoms with Crippen LogP contribution in [0.5, 0.6) is 0 Å². The second-order valence-corrected chi connectivity index (χ2v) is 7.36. The zero-order chi connectivity index (χ0) is 15.4. The number of aromatic nitrogens is 1. The van der Waals surface area contributed by atoms with Crippen molar-refractivity contribution in [3.05, 3.63) is 39.4 Å². The fourth-order valence-corrected chi connectivity index (χ4v) is 4.01. The van der Waals surface area contributed by atoms with Gasteiger partial charge >= 0.3 is 0 Å². The lowest BCUT2D eigenvalue weighted by Gasteiger charge is -2.25. The van der Waals surface area contributed by atoms with Crippen molar-refractivity contribution in [1.29, 1.82) is 0 Å². The zero-order valence-corrected chi connectivity index (χ0v) is 14.4. The number of hydrogen-bond donors (Lipinski definition) is 0. The Kier molecular flexibility index (Phi) is 5.28. The molecule has 2 aromatic rings. The van der Waals surface area contributed by atoms with Crippen LogP contribution < -0.4 is 0 Å². The molecule has 0 unspecified atom stereocenters. The maximum atomic E-state index is 5.28. The number of rotatable bonds is 6. The Labute approximate surface area is 136 Å². The van der Waals surface area contributed by atoms with Crippen LogP contribution in [0.1, 0.15) is 41.2 Å². The van der Waals surface area contributed by atoms with Gasteiger partial charge in [0.1, 0.15) is 0 Å². The van der Waals surface area contributed by atoms with Crippen molar-refractivity contribution in [2.75, 3.05) is 20.1 Å². The van der Waals surface area contributed by atoms with Gasteiger partial charge < -0.3 is 4.52 Å². The third kappa shape index (κ3) is 4.41. The van der Waals surface area contributed by atoms with E-state index in [0.29, 0.717) is 0 Å². The van der Waals surface area contributed by atoms with Gasteiger partial charge in [-0.25, -0.2) is 0 Å².